The summed E-state index contributed by atoms with van der Waals surface area (Å²) in [6.45, 7) is 12.1. The molecule has 0 radical (unpaired) electrons. The number of allylic oxidation sites excluding steroid dienone is 6. The highest BCUT2D eigenvalue weighted by molar-refractivity contribution is 6.30. The quantitative estimate of drug-likeness (QED) is 0.157. The molecule has 0 unspecified atom stereocenters. The van der Waals surface area contributed by atoms with E-state index in [0.29, 0.717) is 12.8 Å². The minimum atomic E-state index is -1.65. The van der Waals surface area contributed by atoms with Gasteiger partial charge in [0, 0.05) is 0 Å². The molecule has 0 bridgehead atoms. The highest BCUT2D eigenvalue weighted by Gasteiger charge is 2.69. The summed E-state index contributed by atoms with van der Waals surface area (Å²) in [5, 5.41) is 32.8. The lowest BCUT2D eigenvalue weighted by atomic mass is 9.48. The molecule has 3 aliphatic rings. The van der Waals surface area contributed by atoms with Crippen molar-refractivity contribution in [3.63, 3.8) is 0 Å². The first-order valence-corrected chi connectivity index (χ1v) is 12.4. The molecule has 7 nitrogen and oxygen atoms in total. The number of ketones is 3. The average Bonchev–Trinajstić information content (AvgIpc) is 3.07. The van der Waals surface area contributed by atoms with E-state index in [4.69, 9.17) is 4.89 Å². The van der Waals surface area contributed by atoms with Crippen molar-refractivity contribution in [2.75, 3.05) is 0 Å². The van der Waals surface area contributed by atoms with Gasteiger partial charge in [-0.1, -0.05) is 23.3 Å². The molecule has 0 aliphatic heterocycles. The van der Waals surface area contributed by atoms with Gasteiger partial charge in [-0.2, -0.15) is 0 Å². The van der Waals surface area contributed by atoms with Crippen LogP contribution >= 0.6 is 0 Å². The molecule has 194 valence electrons. The summed E-state index contributed by atoms with van der Waals surface area (Å²) in [5.74, 6) is -3.03. The predicted molar refractivity (Wildman–Crippen MR) is 132 cm³/mol. The first-order valence-electron chi connectivity index (χ1n) is 12.4. The van der Waals surface area contributed by atoms with Crippen LogP contribution in [0.4, 0.5) is 0 Å². The molecule has 3 rings (SSSR count). The van der Waals surface area contributed by atoms with Crippen molar-refractivity contribution in [1.29, 1.82) is 0 Å². The lowest BCUT2D eigenvalue weighted by Crippen LogP contribution is -2.62. The Morgan fingerprint density at radius 1 is 1.03 bits per heavy atom. The van der Waals surface area contributed by atoms with Gasteiger partial charge in [0.1, 0.15) is 16.8 Å². The van der Waals surface area contributed by atoms with E-state index >= 15 is 0 Å². The lowest BCUT2D eigenvalue weighted by Gasteiger charge is -2.55. The van der Waals surface area contributed by atoms with Crippen molar-refractivity contribution < 1.29 is 34.7 Å². The fourth-order valence-electron chi connectivity index (χ4n) is 6.78. The fraction of sp³-hybridized carbons (Fsp3) is 0.679. The number of fused-ring (bicyclic) bond motifs is 1. The second kappa shape index (κ2) is 9.09. The number of Topliss-reactive ketones (excluding diaryl/α,β-unsaturated/α-hetero) is 3. The van der Waals surface area contributed by atoms with Gasteiger partial charge in [-0.25, -0.2) is 4.89 Å². The number of aliphatic hydroxyl groups is 2. The Labute approximate surface area is 207 Å². The summed E-state index contributed by atoms with van der Waals surface area (Å²) >= 11 is 0. The van der Waals surface area contributed by atoms with Crippen molar-refractivity contribution in [3.05, 3.63) is 34.6 Å². The average molecular weight is 489 g/mol. The summed E-state index contributed by atoms with van der Waals surface area (Å²) < 4.78 is 0. The molecule has 35 heavy (non-hydrogen) atoms. The number of carbonyl (C=O) groups excluding carboxylic acids is 3. The fourth-order valence-corrected chi connectivity index (χ4v) is 6.78. The second-order valence-electron chi connectivity index (χ2n) is 12.0. The Kier molecular flexibility index (Phi) is 7.14. The summed E-state index contributed by atoms with van der Waals surface area (Å²) in [6.07, 6.45) is 4.84. The minimum absolute atomic E-state index is 0.0732. The largest absolute Gasteiger partial charge is 0.510 e. The first kappa shape index (κ1) is 27.5. The van der Waals surface area contributed by atoms with E-state index in [9.17, 15) is 29.9 Å². The van der Waals surface area contributed by atoms with E-state index in [-0.39, 0.29) is 37.2 Å². The van der Waals surface area contributed by atoms with Gasteiger partial charge >= 0.3 is 0 Å². The summed E-state index contributed by atoms with van der Waals surface area (Å²) in [7, 11) is 0. The van der Waals surface area contributed by atoms with Crippen LogP contribution in [-0.4, -0.2) is 44.0 Å². The highest BCUT2D eigenvalue weighted by atomic mass is 17.1. The Hall–Kier alpha value is -2.09. The van der Waals surface area contributed by atoms with Crippen LogP contribution in [0.25, 0.3) is 0 Å². The standard InChI is InChI=1S/C28H40O7/c1-16(2)8-12-27(13-9-17(3)4)22(30)21(18(5)29)23(31)28(24(27)32)14-20-19(10-11-25(20,6)33)26(7,15-28)35-34/h8-9,19-20,31,33-34H,10-15H2,1-7H3/t19-,20+,25-,26-,28-/m1/s1. The second-order valence-corrected chi connectivity index (χ2v) is 12.0. The van der Waals surface area contributed by atoms with Crippen molar-refractivity contribution in [3.8, 4) is 0 Å². The topological polar surface area (TPSA) is 121 Å². The molecule has 0 heterocycles. The first-order chi connectivity index (χ1) is 16.1. The van der Waals surface area contributed by atoms with E-state index in [1.807, 2.05) is 39.8 Å². The third kappa shape index (κ3) is 4.25. The van der Waals surface area contributed by atoms with Gasteiger partial charge in [-0.15, -0.1) is 0 Å². The summed E-state index contributed by atoms with van der Waals surface area (Å²) in [5.41, 5.74) is -4.16. The van der Waals surface area contributed by atoms with Gasteiger partial charge in [0.15, 0.2) is 17.3 Å². The van der Waals surface area contributed by atoms with Crippen LogP contribution in [0.1, 0.15) is 87.0 Å². The van der Waals surface area contributed by atoms with Crippen LogP contribution in [0.5, 0.6) is 0 Å². The zero-order valence-electron chi connectivity index (χ0n) is 22.0. The molecule has 1 spiro atoms. The van der Waals surface area contributed by atoms with Crippen molar-refractivity contribution in [2.45, 2.75) is 98.2 Å². The smallest absolute Gasteiger partial charge is 0.184 e. The molecule has 0 saturated heterocycles. The Morgan fingerprint density at radius 2 is 1.57 bits per heavy atom. The molecular formula is C28H40O7. The normalized spacial score (nSPS) is 36.3. The maximum atomic E-state index is 14.6. The van der Waals surface area contributed by atoms with Crippen LogP contribution < -0.4 is 0 Å². The van der Waals surface area contributed by atoms with Crippen molar-refractivity contribution >= 4 is 17.3 Å². The van der Waals surface area contributed by atoms with Crippen molar-refractivity contribution in [1.82, 2.24) is 0 Å². The number of aliphatic hydroxyl groups excluding tert-OH is 1. The zero-order valence-corrected chi connectivity index (χ0v) is 22.0. The SMILES string of the molecule is CC(=O)C1=C(O)[C@]2(C[C@H]3[C@@H](CC[C@@]3(C)O)[C@](C)(OO)C2)C(=O)C(CC=C(C)C)(CC=C(C)C)C1=O. The third-order valence-corrected chi connectivity index (χ3v) is 8.75. The monoisotopic (exact) mass is 488 g/mol. The minimum Gasteiger partial charge on any atom is -0.510 e. The molecule has 3 N–H and O–H groups in total. The Morgan fingerprint density at radius 3 is 2.03 bits per heavy atom. The van der Waals surface area contributed by atoms with Crippen molar-refractivity contribution in [2.24, 2.45) is 22.7 Å². The van der Waals surface area contributed by atoms with Gasteiger partial charge in [-0.3, -0.25) is 19.6 Å². The highest BCUT2D eigenvalue weighted by Crippen LogP contribution is 2.64. The molecule has 2 saturated carbocycles. The van der Waals surface area contributed by atoms with Gasteiger partial charge in [0.2, 0.25) is 0 Å². The molecule has 0 aromatic heterocycles. The maximum absolute atomic E-state index is 14.6. The molecule has 2 fully saturated rings. The zero-order chi connectivity index (χ0) is 26.6. The number of carbonyl (C=O) groups is 3. The molecule has 3 aliphatic carbocycles. The van der Waals surface area contributed by atoms with E-state index < -0.39 is 51.1 Å². The predicted octanol–water partition coefficient (Wildman–Crippen LogP) is 5.04. The number of hydrogen-bond acceptors (Lipinski definition) is 7. The van der Waals surface area contributed by atoms with Gasteiger partial charge < -0.3 is 10.2 Å². The lowest BCUT2D eigenvalue weighted by molar-refractivity contribution is -0.350. The molecule has 5 atom stereocenters. The van der Waals surface area contributed by atoms with E-state index in [0.717, 1.165) is 11.1 Å². The van der Waals surface area contributed by atoms with Gasteiger partial charge in [-0.05, 0) is 98.8 Å². The Bertz CT molecular complexity index is 1000. The van der Waals surface area contributed by atoms with Gasteiger partial charge in [0.25, 0.3) is 0 Å². The Balaban J connectivity index is 2.35. The number of rotatable bonds is 6. The van der Waals surface area contributed by atoms with Crippen LogP contribution in [-0.2, 0) is 19.3 Å². The van der Waals surface area contributed by atoms with Crippen LogP contribution in [0.15, 0.2) is 34.6 Å². The maximum Gasteiger partial charge on any atom is 0.184 e. The van der Waals surface area contributed by atoms with Gasteiger partial charge in [0.05, 0.1) is 16.6 Å². The van der Waals surface area contributed by atoms with Crippen LogP contribution in [0.3, 0.4) is 0 Å². The molecule has 0 aromatic carbocycles. The summed E-state index contributed by atoms with van der Waals surface area (Å²) in [6, 6.07) is 0. The number of hydrogen-bond donors (Lipinski definition) is 3. The summed E-state index contributed by atoms with van der Waals surface area (Å²) in [4.78, 5) is 46.3. The molecular weight excluding hydrogens is 448 g/mol. The third-order valence-electron chi connectivity index (χ3n) is 8.75. The molecule has 7 heteroatoms. The van der Waals surface area contributed by atoms with Crippen LogP contribution in [0.2, 0.25) is 0 Å². The molecule has 0 aromatic rings. The molecule has 0 amide bonds. The van der Waals surface area contributed by atoms with E-state index in [1.165, 1.54) is 6.92 Å². The van der Waals surface area contributed by atoms with E-state index in [2.05, 4.69) is 0 Å². The van der Waals surface area contributed by atoms with Crippen LogP contribution in [0, 0.1) is 22.7 Å². The van der Waals surface area contributed by atoms with E-state index in [1.54, 1.807) is 13.8 Å².